The maximum atomic E-state index is 16.7. The molecule has 4 fully saturated rings. The minimum absolute atomic E-state index is 0.0563. The molecular weight excluding hydrogens is 571 g/mol. The molecule has 0 bridgehead atoms. The van der Waals surface area contributed by atoms with Gasteiger partial charge in [0, 0.05) is 55.2 Å². The van der Waals surface area contributed by atoms with Crippen molar-refractivity contribution in [3.8, 4) is 35.4 Å². The quantitative estimate of drug-likeness (QED) is 0.296. The van der Waals surface area contributed by atoms with Crippen LogP contribution in [0.3, 0.4) is 0 Å². The third-order valence-electron chi connectivity index (χ3n) is 10.1. The molecule has 4 aromatic rings. The van der Waals surface area contributed by atoms with Crippen LogP contribution in [0.5, 0.6) is 11.8 Å². The summed E-state index contributed by atoms with van der Waals surface area (Å²) in [6.45, 7) is 2.26. The van der Waals surface area contributed by atoms with Crippen molar-refractivity contribution in [3.05, 3.63) is 47.7 Å². The van der Waals surface area contributed by atoms with E-state index in [0.717, 1.165) is 19.4 Å². The minimum Gasteiger partial charge on any atom is -0.508 e. The first-order chi connectivity index (χ1) is 21.1. The largest absolute Gasteiger partial charge is 0.508 e. The number of ether oxygens (including phenoxy) is 1. The molecule has 3 aliphatic heterocycles. The molecule has 9 nitrogen and oxygen atoms in total. The Bertz CT molecular complexity index is 1920. The Morgan fingerprint density at radius 1 is 1.20 bits per heavy atom. The first-order valence-corrected chi connectivity index (χ1v) is 14.7. The van der Waals surface area contributed by atoms with Crippen molar-refractivity contribution in [2.45, 2.75) is 42.6 Å². The van der Waals surface area contributed by atoms with Gasteiger partial charge in [-0.15, -0.1) is 6.42 Å². The molecule has 1 saturated carbocycles. The maximum absolute atomic E-state index is 16.7. The van der Waals surface area contributed by atoms with Gasteiger partial charge in [-0.25, -0.2) is 13.2 Å². The van der Waals surface area contributed by atoms with E-state index in [1.165, 1.54) is 30.5 Å². The number of nitrogens with zero attached hydrogens (tertiary/aromatic N) is 5. The highest BCUT2D eigenvalue weighted by molar-refractivity contribution is 6.03. The summed E-state index contributed by atoms with van der Waals surface area (Å²) < 4.78 is 52.0. The van der Waals surface area contributed by atoms with Gasteiger partial charge in [-0.2, -0.15) is 9.97 Å². The van der Waals surface area contributed by atoms with Crippen molar-refractivity contribution in [1.82, 2.24) is 19.9 Å². The first-order valence-electron chi connectivity index (χ1n) is 14.7. The number of terminal acetylenes is 1. The lowest BCUT2D eigenvalue weighted by molar-refractivity contribution is 0.107. The summed E-state index contributed by atoms with van der Waals surface area (Å²) in [5.41, 5.74) is 11.5. The molecule has 5 atom stereocenters. The van der Waals surface area contributed by atoms with E-state index in [1.54, 1.807) is 0 Å². The van der Waals surface area contributed by atoms with Gasteiger partial charge in [0.1, 0.15) is 41.4 Å². The summed E-state index contributed by atoms with van der Waals surface area (Å²) in [5, 5.41) is 11.5. The molecule has 226 valence electrons. The van der Waals surface area contributed by atoms with E-state index in [2.05, 4.69) is 20.8 Å². The van der Waals surface area contributed by atoms with Crippen molar-refractivity contribution >= 4 is 27.5 Å². The van der Waals surface area contributed by atoms with Crippen molar-refractivity contribution in [2.75, 3.05) is 37.7 Å². The van der Waals surface area contributed by atoms with Gasteiger partial charge in [0.05, 0.1) is 22.0 Å². The van der Waals surface area contributed by atoms with E-state index in [9.17, 15) is 13.9 Å². The monoisotopic (exact) mass is 601 g/mol. The highest BCUT2D eigenvalue weighted by Gasteiger charge is 2.65. The smallest absolute Gasteiger partial charge is 0.319 e. The number of alkyl halides is 1. The molecule has 0 amide bonds. The zero-order chi connectivity index (χ0) is 30.5. The van der Waals surface area contributed by atoms with Crippen LogP contribution in [0.15, 0.2) is 30.5 Å². The molecule has 2 aromatic heterocycles. The standard InChI is InChI=1S/C32H30F3N7O2/c1-2-19-23(34)5-4-16-8-18(43)9-20(24(16)19)26-25(35)27-21(11-38-26)29(41-13-22-28(36)32(22,37)14-41)40-30(39-27)44-15-31-6-3-7-42(31)12-17(33)10-31/h1,4-5,8-9,11,17,22,28,43H,3,6-7,10,12-15,36-37H2/t17-,22+,28-,31+,32-/m1/s1. The number of benzene rings is 2. The predicted molar refractivity (Wildman–Crippen MR) is 159 cm³/mol. The van der Waals surface area contributed by atoms with Crippen LogP contribution < -0.4 is 21.1 Å². The van der Waals surface area contributed by atoms with Crippen LogP contribution in [0.4, 0.5) is 19.0 Å². The van der Waals surface area contributed by atoms with E-state index in [-0.39, 0.29) is 58.1 Å². The first kappa shape index (κ1) is 27.4. The molecule has 2 aromatic carbocycles. The van der Waals surface area contributed by atoms with Crippen LogP contribution in [0, 0.1) is 29.9 Å². The summed E-state index contributed by atoms with van der Waals surface area (Å²) in [6.07, 6.45) is 8.25. The lowest BCUT2D eigenvalue weighted by Gasteiger charge is -2.31. The maximum Gasteiger partial charge on any atom is 0.319 e. The van der Waals surface area contributed by atoms with Crippen LogP contribution in [0.1, 0.15) is 24.8 Å². The molecule has 4 aliphatic rings. The summed E-state index contributed by atoms with van der Waals surface area (Å²) in [6, 6.07) is 5.20. The zero-order valence-corrected chi connectivity index (χ0v) is 23.7. The zero-order valence-electron chi connectivity index (χ0n) is 23.7. The summed E-state index contributed by atoms with van der Waals surface area (Å²) in [5.74, 6) is 1.18. The number of halogens is 3. The number of hydrogen-bond acceptors (Lipinski definition) is 9. The highest BCUT2D eigenvalue weighted by Crippen LogP contribution is 2.48. The number of aromatic hydroxyl groups is 1. The molecular formula is C32H30F3N7O2. The van der Waals surface area contributed by atoms with Crippen LogP contribution in [-0.4, -0.2) is 81.0 Å². The molecule has 5 heterocycles. The number of aromatic nitrogens is 3. The number of hydrogen-bond donors (Lipinski definition) is 3. The minimum atomic E-state index is -0.936. The van der Waals surface area contributed by atoms with E-state index in [1.807, 2.05) is 4.90 Å². The number of phenols is 1. The number of phenolic OH excluding ortho intramolecular Hbond substituents is 1. The highest BCUT2D eigenvalue weighted by atomic mass is 19.1. The van der Waals surface area contributed by atoms with Crippen LogP contribution >= 0.6 is 0 Å². The Balaban J connectivity index is 1.27. The Hall–Kier alpha value is -4.18. The number of rotatable bonds is 5. The molecule has 8 rings (SSSR count). The number of piperidine rings is 1. The molecule has 1 aliphatic carbocycles. The van der Waals surface area contributed by atoms with Crippen molar-refractivity contribution in [2.24, 2.45) is 17.4 Å². The van der Waals surface area contributed by atoms with Gasteiger partial charge in [-0.3, -0.25) is 9.88 Å². The van der Waals surface area contributed by atoms with Gasteiger partial charge in [-0.05, 0) is 43.0 Å². The van der Waals surface area contributed by atoms with Crippen molar-refractivity contribution in [1.29, 1.82) is 0 Å². The van der Waals surface area contributed by atoms with Gasteiger partial charge < -0.3 is 26.2 Å². The molecule has 12 heteroatoms. The fraction of sp³-hybridized carbons (Fsp3) is 0.406. The number of pyridine rings is 1. The topological polar surface area (TPSA) is 127 Å². The lowest BCUT2D eigenvalue weighted by Crippen LogP contribution is -2.43. The van der Waals surface area contributed by atoms with Crippen LogP contribution in [0.2, 0.25) is 0 Å². The second-order valence-electron chi connectivity index (χ2n) is 12.7. The Labute approximate surface area is 251 Å². The number of anilines is 1. The summed E-state index contributed by atoms with van der Waals surface area (Å²) >= 11 is 0. The second kappa shape index (κ2) is 9.41. The van der Waals surface area contributed by atoms with E-state index >= 15 is 4.39 Å². The Kier molecular flexibility index (Phi) is 5.85. The van der Waals surface area contributed by atoms with E-state index in [4.69, 9.17) is 27.6 Å². The lowest BCUT2D eigenvalue weighted by atomic mass is 9.95. The molecule has 0 radical (unpaired) electrons. The normalized spacial score (nSPS) is 29.3. The summed E-state index contributed by atoms with van der Waals surface area (Å²) in [4.78, 5) is 17.7. The molecule has 0 unspecified atom stereocenters. The van der Waals surface area contributed by atoms with Gasteiger partial charge in [0.25, 0.3) is 0 Å². The molecule has 5 N–H and O–H groups in total. The SMILES string of the molecule is C#Cc1c(F)ccc2cc(O)cc(-c3ncc4c(N5C[C@H]6[C@@H](N)[C@@]6(N)C5)nc(OC[C@@]56CCCN5C[C@H](F)C6)nc4c3F)c12. The second-order valence-corrected chi connectivity index (χ2v) is 12.7. The number of nitrogens with two attached hydrogens (primary N) is 2. The number of fused-ring (bicyclic) bond motifs is 4. The van der Waals surface area contributed by atoms with Crippen molar-refractivity contribution in [3.63, 3.8) is 0 Å². The average molecular weight is 602 g/mol. The molecule has 3 saturated heterocycles. The van der Waals surface area contributed by atoms with Gasteiger partial charge in [0.15, 0.2) is 5.82 Å². The Morgan fingerprint density at radius 2 is 2.05 bits per heavy atom. The summed E-state index contributed by atoms with van der Waals surface area (Å²) in [7, 11) is 0. The van der Waals surface area contributed by atoms with Gasteiger partial charge in [0.2, 0.25) is 0 Å². The molecule has 44 heavy (non-hydrogen) atoms. The van der Waals surface area contributed by atoms with Crippen molar-refractivity contribution < 1.29 is 23.0 Å². The predicted octanol–water partition coefficient (Wildman–Crippen LogP) is 3.24. The van der Waals surface area contributed by atoms with E-state index in [0.29, 0.717) is 42.6 Å². The average Bonchev–Trinajstić information content (AvgIpc) is 3.40. The third kappa shape index (κ3) is 3.89. The van der Waals surface area contributed by atoms with Crippen LogP contribution in [-0.2, 0) is 0 Å². The van der Waals surface area contributed by atoms with Gasteiger partial charge >= 0.3 is 6.01 Å². The fourth-order valence-corrected chi connectivity index (χ4v) is 7.79. The van der Waals surface area contributed by atoms with Crippen LogP contribution in [0.25, 0.3) is 32.9 Å². The Morgan fingerprint density at radius 3 is 2.82 bits per heavy atom. The fourth-order valence-electron chi connectivity index (χ4n) is 7.79. The third-order valence-corrected chi connectivity index (χ3v) is 10.1. The molecule has 0 spiro atoms. The van der Waals surface area contributed by atoms with Gasteiger partial charge in [-0.1, -0.05) is 12.0 Å². The van der Waals surface area contributed by atoms with E-state index < -0.39 is 28.9 Å².